The normalized spacial score (nSPS) is 16.5. The van der Waals surface area contributed by atoms with Gasteiger partial charge in [-0.15, -0.1) is 11.3 Å². The van der Waals surface area contributed by atoms with Crippen LogP contribution in [0.4, 0.5) is 4.39 Å². The third-order valence-electron chi connectivity index (χ3n) is 3.33. The minimum Gasteiger partial charge on any atom is -0.314 e. The maximum absolute atomic E-state index is 13.1. The SMILES string of the molecule is Fc1ccc(-c2csc(CN3CCNCC3)n2)c(Br)c1. The molecule has 2 heterocycles. The molecule has 0 radical (unpaired) electrons. The molecule has 0 bridgehead atoms. The Hall–Kier alpha value is -0.820. The van der Waals surface area contributed by atoms with Crippen molar-refractivity contribution in [2.45, 2.75) is 6.54 Å². The van der Waals surface area contributed by atoms with E-state index < -0.39 is 0 Å². The third kappa shape index (κ3) is 3.25. The molecule has 1 fully saturated rings. The van der Waals surface area contributed by atoms with E-state index in [1.165, 1.54) is 12.1 Å². The van der Waals surface area contributed by atoms with Gasteiger partial charge in [0.2, 0.25) is 0 Å². The van der Waals surface area contributed by atoms with Crippen molar-refractivity contribution in [2.75, 3.05) is 26.2 Å². The molecular weight excluding hydrogens is 341 g/mol. The highest BCUT2D eigenvalue weighted by Gasteiger charge is 2.13. The molecule has 1 aromatic heterocycles. The average molecular weight is 356 g/mol. The summed E-state index contributed by atoms with van der Waals surface area (Å²) < 4.78 is 13.9. The monoisotopic (exact) mass is 355 g/mol. The Morgan fingerprint density at radius 2 is 2.15 bits per heavy atom. The largest absolute Gasteiger partial charge is 0.314 e. The van der Waals surface area contributed by atoms with Crippen molar-refractivity contribution in [2.24, 2.45) is 0 Å². The summed E-state index contributed by atoms with van der Waals surface area (Å²) in [6.07, 6.45) is 0. The van der Waals surface area contributed by atoms with Crippen molar-refractivity contribution in [3.8, 4) is 11.3 Å². The Balaban J connectivity index is 1.75. The molecule has 1 aromatic carbocycles. The van der Waals surface area contributed by atoms with Gasteiger partial charge in [-0.2, -0.15) is 0 Å². The molecular formula is C14H15BrFN3S. The second kappa shape index (κ2) is 6.30. The quantitative estimate of drug-likeness (QED) is 0.916. The number of rotatable bonds is 3. The van der Waals surface area contributed by atoms with Gasteiger partial charge in [-0.1, -0.05) is 0 Å². The predicted octanol–water partition coefficient (Wildman–Crippen LogP) is 3.12. The molecule has 0 unspecified atom stereocenters. The Kier molecular flexibility index (Phi) is 4.45. The lowest BCUT2D eigenvalue weighted by Gasteiger charge is -2.26. The Labute approximate surface area is 130 Å². The van der Waals surface area contributed by atoms with E-state index in [2.05, 4.69) is 31.1 Å². The fourth-order valence-corrected chi connectivity index (χ4v) is 3.65. The zero-order valence-corrected chi connectivity index (χ0v) is 13.3. The summed E-state index contributed by atoms with van der Waals surface area (Å²) in [5.74, 6) is -0.239. The van der Waals surface area contributed by atoms with Gasteiger partial charge in [-0.3, -0.25) is 4.90 Å². The fraction of sp³-hybridized carbons (Fsp3) is 0.357. The summed E-state index contributed by atoms with van der Waals surface area (Å²) in [5, 5.41) is 6.49. The van der Waals surface area contributed by atoms with E-state index >= 15 is 0 Å². The van der Waals surface area contributed by atoms with Crippen LogP contribution >= 0.6 is 27.3 Å². The van der Waals surface area contributed by atoms with Crippen LogP contribution in [-0.2, 0) is 6.54 Å². The maximum Gasteiger partial charge on any atom is 0.124 e. The molecule has 0 saturated carbocycles. The van der Waals surface area contributed by atoms with Gasteiger partial charge in [0.25, 0.3) is 0 Å². The zero-order valence-electron chi connectivity index (χ0n) is 10.9. The molecule has 0 atom stereocenters. The van der Waals surface area contributed by atoms with Crippen LogP contribution in [0.2, 0.25) is 0 Å². The summed E-state index contributed by atoms with van der Waals surface area (Å²) in [5.41, 5.74) is 1.85. The minimum atomic E-state index is -0.239. The molecule has 0 amide bonds. The summed E-state index contributed by atoms with van der Waals surface area (Å²) in [6.45, 7) is 5.11. The van der Waals surface area contributed by atoms with Crippen LogP contribution in [0.15, 0.2) is 28.1 Å². The summed E-state index contributed by atoms with van der Waals surface area (Å²) in [6, 6.07) is 4.71. The number of thiazole rings is 1. The molecule has 1 aliphatic heterocycles. The van der Waals surface area contributed by atoms with E-state index in [-0.39, 0.29) is 5.82 Å². The van der Waals surface area contributed by atoms with Crippen molar-refractivity contribution in [3.05, 3.63) is 38.9 Å². The Bertz CT molecular complexity index is 596. The van der Waals surface area contributed by atoms with Gasteiger partial charge in [0.1, 0.15) is 10.8 Å². The molecule has 0 aliphatic carbocycles. The van der Waals surface area contributed by atoms with E-state index in [9.17, 15) is 4.39 Å². The van der Waals surface area contributed by atoms with E-state index in [1.54, 1.807) is 17.4 Å². The molecule has 0 spiro atoms. The number of nitrogens with one attached hydrogen (secondary N) is 1. The standard InChI is InChI=1S/C14H15BrFN3S/c15-12-7-10(16)1-2-11(12)13-9-20-14(18-13)8-19-5-3-17-4-6-19/h1-2,7,9,17H,3-6,8H2. The van der Waals surface area contributed by atoms with Crippen LogP contribution in [0.5, 0.6) is 0 Å². The number of benzene rings is 1. The molecule has 1 aliphatic rings. The smallest absolute Gasteiger partial charge is 0.124 e. The summed E-state index contributed by atoms with van der Waals surface area (Å²) in [7, 11) is 0. The molecule has 20 heavy (non-hydrogen) atoms. The first-order valence-electron chi connectivity index (χ1n) is 6.55. The van der Waals surface area contributed by atoms with Crippen LogP contribution in [0.1, 0.15) is 5.01 Å². The fourth-order valence-electron chi connectivity index (χ4n) is 2.26. The number of hydrogen-bond donors (Lipinski definition) is 1. The Morgan fingerprint density at radius 3 is 2.90 bits per heavy atom. The highest BCUT2D eigenvalue weighted by molar-refractivity contribution is 9.10. The zero-order chi connectivity index (χ0) is 13.9. The second-order valence-corrected chi connectivity index (χ2v) is 6.57. The first-order valence-corrected chi connectivity index (χ1v) is 8.22. The van der Waals surface area contributed by atoms with Gasteiger partial charge in [0, 0.05) is 41.6 Å². The molecule has 6 heteroatoms. The Morgan fingerprint density at radius 1 is 1.35 bits per heavy atom. The van der Waals surface area contributed by atoms with Gasteiger partial charge in [-0.25, -0.2) is 9.37 Å². The van der Waals surface area contributed by atoms with E-state index in [4.69, 9.17) is 0 Å². The lowest BCUT2D eigenvalue weighted by atomic mass is 10.2. The molecule has 106 valence electrons. The van der Waals surface area contributed by atoms with E-state index in [0.29, 0.717) is 0 Å². The highest BCUT2D eigenvalue weighted by Crippen LogP contribution is 2.30. The maximum atomic E-state index is 13.1. The van der Waals surface area contributed by atoms with Crippen LogP contribution in [-0.4, -0.2) is 36.1 Å². The molecule has 2 aromatic rings. The van der Waals surface area contributed by atoms with Crippen molar-refractivity contribution in [1.29, 1.82) is 0 Å². The van der Waals surface area contributed by atoms with Crippen molar-refractivity contribution < 1.29 is 4.39 Å². The van der Waals surface area contributed by atoms with E-state index in [1.807, 2.05) is 5.38 Å². The lowest BCUT2D eigenvalue weighted by Crippen LogP contribution is -2.42. The van der Waals surface area contributed by atoms with Gasteiger partial charge in [0.15, 0.2) is 0 Å². The second-order valence-electron chi connectivity index (χ2n) is 4.78. The third-order valence-corrected chi connectivity index (χ3v) is 4.82. The topological polar surface area (TPSA) is 28.2 Å². The van der Waals surface area contributed by atoms with Crippen LogP contribution in [0.25, 0.3) is 11.3 Å². The number of nitrogens with zero attached hydrogens (tertiary/aromatic N) is 2. The number of aromatic nitrogens is 1. The van der Waals surface area contributed by atoms with Crippen LogP contribution in [0.3, 0.4) is 0 Å². The lowest BCUT2D eigenvalue weighted by molar-refractivity contribution is 0.233. The molecule has 1 N–H and O–H groups in total. The van der Waals surface area contributed by atoms with Gasteiger partial charge in [0.05, 0.1) is 12.2 Å². The summed E-state index contributed by atoms with van der Waals surface area (Å²) >= 11 is 5.06. The first kappa shape index (κ1) is 14.1. The number of halogens is 2. The van der Waals surface area contributed by atoms with Crippen molar-refractivity contribution >= 4 is 27.3 Å². The summed E-state index contributed by atoms with van der Waals surface area (Å²) in [4.78, 5) is 7.07. The van der Waals surface area contributed by atoms with Gasteiger partial charge < -0.3 is 5.32 Å². The predicted molar refractivity (Wildman–Crippen MR) is 83.4 cm³/mol. The molecule has 3 rings (SSSR count). The van der Waals surface area contributed by atoms with Gasteiger partial charge in [-0.05, 0) is 34.1 Å². The van der Waals surface area contributed by atoms with Crippen LogP contribution < -0.4 is 5.32 Å². The average Bonchev–Trinajstić information content (AvgIpc) is 2.88. The molecule has 3 nitrogen and oxygen atoms in total. The minimum absolute atomic E-state index is 0.239. The van der Waals surface area contributed by atoms with Crippen LogP contribution in [0, 0.1) is 5.82 Å². The molecule has 1 saturated heterocycles. The highest BCUT2D eigenvalue weighted by atomic mass is 79.9. The van der Waals surface area contributed by atoms with Gasteiger partial charge >= 0.3 is 0 Å². The number of hydrogen-bond acceptors (Lipinski definition) is 4. The van der Waals surface area contributed by atoms with E-state index in [0.717, 1.165) is 53.5 Å². The van der Waals surface area contributed by atoms with Crippen molar-refractivity contribution in [1.82, 2.24) is 15.2 Å². The van der Waals surface area contributed by atoms with Crippen molar-refractivity contribution in [3.63, 3.8) is 0 Å². The first-order chi connectivity index (χ1) is 9.72. The number of piperazine rings is 1.